The van der Waals surface area contributed by atoms with E-state index in [1.807, 2.05) is 13.0 Å². The second kappa shape index (κ2) is 6.21. The highest BCUT2D eigenvalue weighted by atomic mass is 16.3. The molecule has 1 aromatic carbocycles. The Morgan fingerprint density at radius 1 is 1.35 bits per heavy atom. The van der Waals surface area contributed by atoms with Crippen LogP contribution in [0.1, 0.15) is 19.0 Å². The van der Waals surface area contributed by atoms with Crippen molar-refractivity contribution in [3.8, 4) is 11.4 Å². The average Bonchev–Trinajstić information content (AvgIpc) is 2.84. The molecule has 0 aliphatic heterocycles. The summed E-state index contributed by atoms with van der Waals surface area (Å²) in [5, 5.41) is 14.1. The third-order valence-electron chi connectivity index (χ3n) is 3.71. The van der Waals surface area contributed by atoms with Crippen LogP contribution in [0.3, 0.4) is 0 Å². The molecule has 120 valence electrons. The third kappa shape index (κ3) is 2.70. The molecular weight excluding hydrogens is 294 g/mol. The minimum atomic E-state index is -0.206. The number of benzene rings is 1. The molecule has 3 aromatic rings. The van der Waals surface area contributed by atoms with Gasteiger partial charge in [-0.25, -0.2) is 9.67 Å². The van der Waals surface area contributed by atoms with Gasteiger partial charge in [-0.1, -0.05) is 25.5 Å². The Hall–Kier alpha value is -2.67. The number of nitrogen functional groups attached to an aromatic ring is 1. The Balaban J connectivity index is 2.23. The van der Waals surface area contributed by atoms with Crippen LogP contribution in [0.25, 0.3) is 22.3 Å². The SMILES string of the molecule is CCCc1nn(CCO)c(N)c1-c1nc2ccccc2c(=O)[nH]1. The number of anilines is 1. The molecule has 7 heteroatoms. The molecule has 0 spiro atoms. The van der Waals surface area contributed by atoms with Gasteiger partial charge in [0.25, 0.3) is 5.56 Å². The lowest BCUT2D eigenvalue weighted by Crippen LogP contribution is -2.11. The van der Waals surface area contributed by atoms with Crippen LogP contribution in [0.2, 0.25) is 0 Å². The zero-order chi connectivity index (χ0) is 16.4. The van der Waals surface area contributed by atoms with Gasteiger partial charge in [-0.15, -0.1) is 0 Å². The van der Waals surface area contributed by atoms with Gasteiger partial charge in [0, 0.05) is 0 Å². The van der Waals surface area contributed by atoms with Crippen LogP contribution in [-0.2, 0) is 13.0 Å². The monoisotopic (exact) mass is 313 g/mol. The first-order valence-corrected chi connectivity index (χ1v) is 7.61. The molecule has 3 rings (SSSR count). The number of H-pyrrole nitrogens is 1. The maximum absolute atomic E-state index is 12.3. The lowest BCUT2D eigenvalue weighted by atomic mass is 10.1. The Morgan fingerprint density at radius 3 is 2.87 bits per heavy atom. The standard InChI is InChI=1S/C16H19N5O2/c1-2-5-12-13(14(17)21(20-12)8-9-22)15-18-11-7-4-3-6-10(11)16(23)19-15/h3-4,6-7,22H,2,5,8-9,17H2,1H3,(H,18,19,23). The van der Waals surface area contributed by atoms with E-state index in [4.69, 9.17) is 10.8 Å². The molecule has 0 aliphatic rings. The Morgan fingerprint density at radius 2 is 2.13 bits per heavy atom. The fraction of sp³-hybridized carbons (Fsp3) is 0.312. The molecule has 0 atom stereocenters. The number of aromatic nitrogens is 4. The van der Waals surface area contributed by atoms with Crippen molar-refractivity contribution in [2.24, 2.45) is 0 Å². The van der Waals surface area contributed by atoms with E-state index < -0.39 is 0 Å². The van der Waals surface area contributed by atoms with Crippen molar-refractivity contribution in [2.45, 2.75) is 26.3 Å². The summed E-state index contributed by atoms with van der Waals surface area (Å²) in [4.78, 5) is 19.6. The number of nitrogens with two attached hydrogens (primary N) is 1. The highest BCUT2D eigenvalue weighted by Crippen LogP contribution is 2.28. The lowest BCUT2D eigenvalue weighted by Gasteiger charge is -2.05. The van der Waals surface area contributed by atoms with Gasteiger partial charge in [0.15, 0.2) is 0 Å². The van der Waals surface area contributed by atoms with E-state index in [1.165, 1.54) is 0 Å². The number of aromatic amines is 1. The summed E-state index contributed by atoms with van der Waals surface area (Å²) in [6.07, 6.45) is 1.61. The van der Waals surface area contributed by atoms with Gasteiger partial charge < -0.3 is 15.8 Å². The summed E-state index contributed by atoms with van der Waals surface area (Å²) < 4.78 is 1.55. The minimum absolute atomic E-state index is 0.0570. The number of hydrogen-bond donors (Lipinski definition) is 3. The number of aliphatic hydroxyl groups is 1. The number of nitrogens with one attached hydrogen (secondary N) is 1. The van der Waals surface area contributed by atoms with Crippen molar-refractivity contribution in [1.29, 1.82) is 0 Å². The van der Waals surface area contributed by atoms with Crippen LogP contribution in [0, 0.1) is 0 Å². The molecular formula is C16H19N5O2. The quantitative estimate of drug-likeness (QED) is 0.658. The van der Waals surface area contributed by atoms with Gasteiger partial charge in [0.05, 0.1) is 35.3 Å². The molecule has 0 saturated carbocycles. The molecule has 4 N–H and O–H groups in total. The molecule has 0 fully saturated rings. The van der Waals surface area contributed by atoms with Crippen LogP contribution in [0.5, 0.6) is 0 Å². The van der Waals surface area contributed by atoms with Crippen molar-refractivity contribution in [3.63, 3.8) is 0 Å². The van der Waals surface area contributed by atoms with Crippen LogP contribution >= 0.6 is 0 Å². The van der Waals surface area contributed by atoms with Crippen LogP contribution in [0.15, 0.2) is 29.1 Å². The Labute approximate surface area is 132 Å². The molecule has 2 heterocycles. The van der Waals surface area contributed by atoms with Crippen molar-refractivity contribution in [3.05, 3.63) is 40.3 Å². The molecule has 0 aliphatic carbocycles. The predicted octanol–water partition coefficient (Wildman–Crippen LogP) is 1.31. The first-order valence-electron chi connectivity index (χ1n) is 7.61. The summed E-state index contributed by atoms with van der Waals surface area (Å²) in [6, 6.07) is 7.16. The van der Waals surface area contributed by atoms with E-state index in [1.54, 1.807) is 22.9 Å². The smallest absolute Gasteiger partial charge is 0.259 e. The molecule has 0 bridgehead atoms. The number of para-hydroxylation sites is 1. The number of rotatable bonds is 5. The third-order valence-corrected chi connectivity index (χ3v) is 3.71. The number of hydrogen-bond acceptors (Lipinski definition) is 5. The minimum Gasteiger partial charge on any atom is -0.394 e. The summed E-state index contributed by atoms with van der Waals surface area (Å²) in [6.45, 7) is 2.29. The van der Waals surface area contributed by atoms with Crippen LogP contribution < -0.4 is 11.3 Å². The highest BCUT2D eigenvalue weighted by molar-refractivity contribution is 5.81. The first kappa shape index (κ1) is 15.2. The fourth-order valence-electron chi connectivity index (χ4n) is 2.67. The van der Waals surface area contributed by atoms with E-state index in [0.717, 1.165) is 12.1 Å². The first-order chi connectivity index (χ1) is 11.2. The molecule has 0 unspecified atom stereocenters. The molecule has 0 amide bonds. The zero-order valence-electron chi connectivity index (χ0n) is 12.9. The second-order valence-electron chi connectivity index (χ2n) is 5.34. The number of aryl methyl sites for hydroxylation is 1. The van der Waals surface area contributed by atoms with Gasteiger partial charge >= 0.3 is 0 Å². The normalized spacial score (nSPS) is 11.2. The molecule has 0 saturated heterocycles. The fourth-order valence-corrected chi connectivity index (χ4v) is 2.67. The zero-order valence-corrected chi connectivity index (χ0v) is 12.9. The van der Waals surface area contributed by atoms with Gasteiger partial charge in [0.1, 0.15) is 11.6 Å². The van der Waals surface area contributed by atoms with E-state index in [2.05, 4.69) is 15.1 Å². The number of nitrogens with zero attached hydrogens (tertiary/aromatic N) is 3. The largest absolute Gasteiger partial charge is 0.394 e. The summed E-state index contributed by atoms with van der Waals surface area (Å²) in [5.41, 5.74) is 8.00. The Bertz CT molecular complexity index is 897. The second-order valence-corrected chi connectivity index (χ2v) is 5.34. The summed E-state index contributed by atoms with van der Waals surface area (Å²) in [5.74, 6) is 0.819. The van der Waals surface area contributed by atoms with Gasteiger partial charge in [0.2, 0.25) is 0 Å². The average molecular weight is 313 g/mol. The van der Waals surface area contributed by atoms with Crippen molar-refractivity contribution >= 4 is 16.7 Å². The topological polar surface area (TPSA) is 110 Å². The number of fused-ring (bicyclic) bond motifs is 1. The van der Waals surface area contributed by atoms with Gasteiger partial charge in [-0.05, 0) is 18.6 Å². The van der Waals surface area contributed by atoms with Gasteiger partial charge in [-0.2, -0.15) is 5.10 Å². The maximum Gasteiger partial charge on any atom is 0.259 e. The predicted molar refractivity (Wildman–Crippen MR) is 89.1 cm³/mol. The van der Waals surface area contributed by atoms with Crippen molar-refractivity contribution in [2.75, 3.05) is 12.3 Å². The van der Waals surface area contributed by atoms with E-state index in [0.29, 0.717) is 41.1 Å². The molecule has 0 radical (unpaired) electrons. The van der Waals surface area contributed by atoms with Crippen molar-refractivity contribution in [1.82, 2.24) is 19.7 Å². The van der Waals surface area contributed by atoms with E-state index >= 15 is 0 Å². The summed E-state index contributed by atoms with van der Waals surface area (Å²) >= 11 is 0. The molecule has 7 nitrogen and oxygen atoms in total. The maximum atomic E-state index is 12.3. The van der Waals surface area contributed by atoms with Crippen LogP contribution in [0.4, 0.5) is 5.82 Å². The van der Waals surface area contributed by atoms with Gasteiger partial charge in [-0.3, -0.25) is 4.79 Å². The summed E-state index contributed by atoms with van der Waals surface area (Å²) in [7, 11) is 0. The number of aliphatic hydroxyl groups excluding tert-OH is 1. The highest BCUT2D eigenvalue weighted by Gasteiger charge is 2.19. The molecule has 23 heavy (non-hydrogen) atoms. The van der Waals surface area contributed by atoms with E-state index in [9.17, 15) is 4.79 Å². The Kier molecular flexibility index (Phi) is 4.12. The lowest BCUT2D eigenvalue weighted by molar-refractivity contribution is 0.270. The van der Waals surface area contributed by atoms with E-state index in [-0.39, 0.29) is 12.2 Å². The molecule has 2 aromatic heterocycles. The van der Waals surface area contributed by atoms with Crippen molar-refractivity contribution < 1.29 is 5.11 Å². The van der Waals surface area contributed by atoms with Crippen LogP contribution in [-0.4, -0.2) is 31.5 Å².